The van der Waals surface area contributed by atoms with Crippen LogP contribution in [0.4, 0.5) is 0 Å². The van der Waals surface area contributed by atoms with Crippen molar-refractivity contribution in [1.29, 1.82) is 0 Å². The van der Waals surface area contributed by atoms with Crippen LogP contribution < -0.4 is 0 Å². The lowest BCUT2D eigenvalue weighted by molar-refractivity contribution is 0.579. The maximum Gasteiger partial charge on any atom is 0.194 e. The summed E-state index contributed by atoms with van der Waals surface area (Å²) < 4.78 is 7.25. The molecule has 3 nitrogen and oxygen atoms in total. The van der Waals surface area contributed by atoms with Crippen molar-refractivity contribution < 1.29 is 4.42 Å². The Balaban J connectivity index is 2.33. The Morgan fingerprint density at radius 2 is 2.00 bits per heavy atom. The molecule has 0 fully saturated rings. The van der Waals surface area contributed by atoms with Crippen molar-refractivity contribution in [2.24, 2.45) is 0 Å². The predicted molar refractivity (Wildman–Crippen MR) is 67.7 cm³/mol. The minimum Gasteiger partial charge on any atom is -0.441 e. The van der Waals surface area contributed by atoms with Crippen LogP contribution in [0, 0.1) is 6.92 Å². The summed E-state index contributed by atoms with van der Waals surface area (Å²) in [5.74, 6) is 1.25. The molecule has 3 rings (SSSR count). The van der Waals surface area contributed by atoms with Crippen molar-refractivity contribution in [2.75, 3.05) is 0 Å². The first-order valence-electron chi connectivity index (χ1n) is 5.05. The number of imidazole rings is 1. The van der Waals surface area contributed by atoms with E-state index in [1.54, 1.807) is 12.1 Å². The Morgan fingerprint density at radius 3 is 2.71 bits per heavy atom. The van der Waals surface area contributed by atoms with E-state index in [2.05, 4.69) is 4.98 Å². The number of fused-ring (bicyclic) bond motifs is 1. The lowest BCUT2D eigenvalue weighted by Gasteiger charge is -1.99. The molecule has 0 N–H and O–H groups in total. The van der Waals surface area contributed by atoms with E-state index in [-0.39, 0.29) is 0 Å². The van der Waals surface area contributed by atoms with Gasteiger partial charge in [-0.15, -0.1) is 0 Å². The summed E-state index contributed by atoms with van der Waals surface area (Å²) in [6.07, 6.45) is 1.96. The van der Waals surface area contributed by atoms with Gasteiger partial charge in [0.2, 0.25) is 0 Å². The van der Waals surface area contributed by atoms with E-state index in [1.165, 1.54) is 0 Å². The highest BCUT2D eigenvalue weighted by Crippen LogP contribution is 2.28. The van der Waals surface area contributed by atoms with E-state index < -0.39 is 0 Å². The van der Waals surface area contributed by atoms with Gasteiger partial charge in [0, 0.05) is 6.20 Å². The first-order chi connectivity index (χ1) is 8.15. The summed E-state index contributed by atoms with van der Waals surface area (Å²) in [7, 11) is 0. The second-order valence-electron chi connectivity index (χ2n) is 3.79. The fraction of sp³-hybridized carbons (Fsp3) is 0.0833. The monoisotopic (exact) mass is 266 g/mol. The Labute approximate surface area is 108 Å². The van der Waals surface area contributed by atoms with Gasteiger partial charge in [0.25, 0.3) is 0 Å². The summed E-state index contributed by atoms with van der Waals surface area (Å²) in [6.45, 7) is 2.01. The fourth-order valence-electron chi connectivity index (χ4n) is 1.76. The van der Waals surface area contributed by atoms with Crippen molar-refractivity contribution >= 4 is 28.7 Å². The van der Waals surface area contributed by atoms with Gasteiger partial charge < -0.3 is 4.42 Å². The molecule has 0 aliphatic rings. The fourth-order valence-corrected chi connectivity index (χ4v) is 2.14. The molecular weight excluding hydrogens is 259 g/mol. The maximum absolute atomic E-state index is 6.08. The zero-order valence-corrected chi connectivity index (χ0v) is 10.5. The molecule has 0 atom stereocenters. The van der Waals surface area contributed by atoms with E-state index in [9.17, 15) is 0 Å². The minimum absolute atomic E-state index is 0.334. The van der Waals surface area contributed by atoms with Gasteiger partial charge in [-0.1, -0.05) is 17.7 Å². The lowest BCUT2D eigenvalue weighted by Crippen LogP contribution is -1.88. The molecule has 0 radical (unpaired) electrons. The average molecular weight is 267 g/mol. The van der Waals surface area contributed by atoms with Crippen LogP contribution in [0.1, 0.15) is 5.56 Å². The number of aromatic nitrogens is 2. The molecule has 3 heterocycles. The number of nitrogens with zero attached hydrogens (tertiary/aromatic N) is 2. The first kappa shape index (κ1) is 10.7. The number of pyridine rings is 1. The Bertz CT molecular complexity index is 700. The molecule has 0 bridgehead atoms. The number of hydrogen-bond acceptors (Lipinski definition) is 2. The lowest BCUT2D eigenvalue weighted by atomic mass is 10.3. The van der Waals surface area contributed by atoms with E-state index in [1.807, 2.05) is 29.7 Å². The molecule has 3 aromatic rings. The molecule has 0 aliphatic heterocycles. The van der Waals surface area contributed by atoms with Crippen molar-refractivity contribution in [1.82, 2.24) is 9.38 Å². The minimum atomic E-state index is 0.334. The van der Waals surface area contributed by atoms with Crippen LogP contribution in [-0.2, 0) is 0 Å². The molecule has 17 heavy (non-hydrogen) atoms. The molecular formula is C12H8Cl2N2O. The summed E-state index contributed by atoms with van der Waals surface area (Å²) in [5, 5.41) is 0.785. The largest absolute Gasteiger partial charge is 0.441 e. The van der Waals surface area contributed by atoms with Crippen LogP contribution in [0.3, 0.4) is 0 Å². The number of rotatable bonds is 1. The van der Waals surface area contributed by atoms with E-state index in [0.29, 0.717) is 22.0 Å². The number of halogens is 2. The third-order valence-electron chi connectivity index (χ3n) is 2.53. The summed E-state index contributed by atoms with van der Waals surface area (Å²) in [4.78, 5) is 4.29. The van der Waals surface area contributed by atoms with Crippen LogP contribution in [0.15, 0.2) is 34.9 Å². The summed E-state index contributed by atoms with van der Waals surface area (Å²) >= 11 is 11.8. The van der Waals surface area contributed by atoms with E-state index in [4.69, 9.17) is 27.6 Å². The van der Waals surface area contributed by atoms with Crippen molar-refractivity contribution in [2.45, 2.75) is 6.92 Å². The normalized spacial score (nSPS) is 11.2. The predicted octanol–water partition coefficient (Wildman–Crippen LogP) is 4.21. The molecule has 0 saturated carbocycles. The van der Waals surface area contributed by atoms with Crippen LogP contribution in [0.2, 0.25) is 10.4 Å². The molecule has 0 amide bonds. The zero-order valence-electron chi connectivity index (χ0n) is 8.95. The van der Waals surface area contributed by atoms with Gasteiger partial charge >= 0.3 is 0 Å². The van der Waals surface area contributed by atoms with E-state index >= 15 is 0 Å². The van der Waals surface area contributed by atoms with Gasteiger partial charge in [0.15, 0.2) is 22.0 Å². The van der Waals surface area contributed by atoms with Crippen LogP contribution >= 0.6 is 23.2 Å². The topological polar surface area (TPSA) is 30.4 Å². The van der Waals surface area contributed by atoms with Crippen molar-refractivity contribution in [3.05, 3.63) is 46.4 Å². The van der Waals surface area contributed by atoms with Crippen molar-refractivity contribution in [3.63, 3.8) is 0 Å². The standard InChI is InChI=1S/C12H8Cl2N2O/c1-7-2-3-8-11(14)15-12(16(8)6-7)9-4-5-10(13)17-9/h2-6H,1H3. The highest BCUT2D eigenvalue weighted by Gasteiger charge is 2.14. The van der Waals surface area contributed by atoms with Crippen LogP contribution in [0.5, 0.6) is 0 Å². The highest BCUT2D eigenvalue weighted by molar-refractivity contribution is 6.33. The third kappa shape index (κ3) is 1.72. The maximum atomic E-state index is 6.08. The second kappa shape index (κ2) is 3.79. The van der Waals surface area contributed by atoms with Gasteiger partial charge in [-0.2, -0.15) is 0 Å². The summed E-state index contributed by atoms with van der Waals surface area (Å²) in [6, 6.07) is 7.37. The third-order valence-corrected chi connectivity index (χ3v) is 3.01. The molecule has 0 spiro atoms. The Hall–Kier alpha value is -1.45. The zero-order chi connectivity index (χ0) is 12.0. The Morgan fingerprint density at radius 1 is 1.18 bits per heavy atom. The number of hydrogen-bond donors (Lipinski definition) is 0. The van der Waals surface area contributed by atoms with Gasteiger partial charge in [0.1, 0.15) is 0 Å². The van der Waals surface area contributed by atoms with Crippen LogP contribution in [0.25, 0.3) is 17.1 Å². The molecule has 0 unspecified atom stereocenters. The van der Waals surface area contributed by atoms with Gasteiger partial charge in [0.05, 0.1) is 5.52 Å². The molecule has 0 saturated heterocycles. The van der Waals surface area contributed by atoms with Gasteiger partial charge in [-0.05, 0) is 42.3 Å². The van der Waals surface area contributed by atoms with E-state index in [0.717, 1.165) is 11.1 Å². The highest BCUT2D eigenvalue weighted by atomic mass is 35.5. The SMILES string of the molecule is Cc1ccc2c(Cl)nc(-c3ccc(Cl)o3)n2c1. The smallest absolute Gasteiger partial charge is 0.194 e. The number of aryl methyl sites for hydroxylation is 1. The molecule has 5 heteroatoms. The Kier molecular flexibility index (Phi) is 2.38. The molecule has 0 aliphatic carbocycles. The molecule has 3 aromatic heterocycles. The molecule has 0 aromatic carbocycles. The van der Waals surface area contributed by atoms with Crippen LogP contribution in [-0.4, -0.2) is 9.38 Å². The van der Waals surface area contributed by atoms with Gasteiger partial charge in [-0.25, -0.2) is 4.98 Å². The first-order valence-corrected chi connectivity index (χ1v) is 5.80. The molecule has 86 valence electrons. The quantitative estimate of drug-likeness (QED) is 0.661. The second-order valence-corrected chi connectivity index (χ2v) is 4.52. The summed E-state index contributed by atoms with van der Waals surface area (Å²) in [5.41, 5.74) is 1.96. The average Bonchev–Trinajstić information content (AvgIpc) is 2.83. The number of furan rings is 1. The van der Waals surface area contributed by atoms with Crippen molar-refractivity contribution in [3.8, 4) is 11.6 Å². The van der Waals surface area contributed by atoms with Gasteiger partial charge in [-0.3, -0.25) is 4.40 Å².